The first-order valence-corrected chi connectivity index (χ1v) is 16.8. The Hall–Kier alpha value is -6.36. The van der Waals surface area contributed by atoms with Crippen LogP contribution in [-0.2, 0) is 11.8 Å². The van der Waals surface area contributed by atoms with Crippen LogP contribution in [0, 0.1) is 28.6 Å². The van der Waals surface area contributed by atoms with Crippen molar-refractivity contribution in [3.63, 3.8) is 0 Å². The van der Waals surface area contributed by atoms with Crippen LogP contribution in [0.25, 0.3) is 55.6 Å². The molecule has 9 rings (SSSR count). The predicted molar refractivity (Wildman–Crippen MR) is 199 cm³/mol. The molecule has 2 aliphatic rings. The summed E-state index contributed by atoms with van der Waals surface area (Å²) in [5.41, 5.74) is 10.3. The minimum Gasteiger partial charge on any atom is -0.333 e. The average Bonchev–Trinajstić information content (AvgIpc) is 3.67. The Bertz CT molecular complexity index is 2580. The zero-order valence-electron chi connectivity index (χ0n) is 27.1. The van der Waals surface area contributed by atoms with Crippen molar-refractivity contribution in [1.82, 2.24) is 9.13 Å². The van der Waals surface area contributed by atoms with Crippen LogP contribution in [0.4, 0.5) is 0 Å². The SMILES string of the molecule is C[C@]1(c2ccc(-c3cc(-n4c5ccccc5c5ccccc54)ccc3C#N)cc2)C=CC=CC1n1c2c(c3ccccc31)CC(C#N)C=C2. The third kappa shape index (κ3) is 4.35. The van der Waals surface area contributed by atoms with Crippen molar-refractivity contribution < 1.29 is 0 Å². The number of rotatable bonds is 4. The molecule has 0 saturated carbocycles. The lowest BCUT2D eigenvalue weighted by atomic mass is 9.73. The van der Waals surface area contributed by atoms with E-state index in [1.807, 2.05) is 12.1 Å². The number of nitrogens with zero attached hydrogens (tertiary/aromatic N) is 4. The maximum Gasteiger partial charge on any atom is 0.0998 e. The van der Waals surface area contributed by atoms with Crippen molar-refractivity contribution in [3.05, 3.63) is 168 Å². The summed E-state index contributed by atoms with van der Waals surface area (Å²) in [7, 11) is 0. The summed E-state index contributed by atoms with van der Waals surface area (Å²) in [6.45, 7) is 2.31. The van der Waals surface area contributed by atoms with E-state index in [0.717, 1.165) is 34.3 Å². The smallest absolute Gasteiger partial charge is 0.0998 e. The molecule has 4 nitrogen and oxygen atoms in total. The van der Waals surface area contributed by atoms with Gasteiger partial charge in [-0.3, -0.25) is 0 Å². The van der Waals surface area contributed by atoms with Crippen molar-refractivity contribution in [3.8, 4) is 29.0 Å². The Morgan fingerprint density at radius 3 is 2.08 bits per heavy atom. The van der Waals surface area contributed by atoms with Crippen LogP contribution in [0.5, 0.6) is 0 Å². The standard InChI is InChI=1S/C45H32N4/c1-45(25-9-8-16-44(45)49-42-15-7-4-12-37(42)39-26-30(28-46)17-24-43(39)49)33-21-18-31(19-22-33)38-27-34(23-20-32(38)29-47)48-40-13-5-2-10-35(40)36-11-3-6-14-41(36)48/h2-25,27,30,44H,26H2,1H3/t30?,44?,45-/m1/s1. The van der Waals surface area contributed by atoms with E-state index in [4.69, 9.17) is 0 Å². The molecule has 232 valence electrons. The fourth-order valence-corrected chi connectivity index (χ4v) is 8.19. The van der Waals surface area contributed by atoms with Crippen LogP contribution in [-0.4, -0.2) is 9.13 Å². The molecule has 2 aromatic heterocycles. The van der Waals surface area contributed by atoms with Crippen LogP contribution in [0.2, 0.25) is 0 Å². The molecule has 0 bridgehead atoms. The Morgan fingerprint density at radius 1 is 0.714 bits per heavy atom. The van der Waals surface area contributed by atoms with Gasteiger partial charge >= 0.3 is 0 Å². The molecular weight excluding hydrogens is 597 g/mol. The zero-order valence-corrected chi connectivity index (χ0v) is 27.1. The topological polar surface area (TPSA) is 57.4 Å². The first kappa shape index (κ1) is 28.8. The van der Waals surface area contributed by atoms with Gasteiger partial charge in [0.15, 0.2) is 0 Å². The van der Waals surface area contributed by atoms with E-state index in [2.05, 4.69) is 168 Å². The van der Waals surface area contributed by atoms with Crippen molar-refractivity contribution in [2.75, 3.05) is 0 Å². The molecule has 4 heteroatoms. The molecule has 2 heterocycles. The third-order valence-electron chi connectivity index (χ3n) is 10.7. The molecule has 0 fully saturated rings. The van der Waals surface area contributed by atoms with Gasteiger partial charge in [0.1, 0.15) is 0 Å². The maximum atomic E-state index is 10.2. The van der Waals surface area contributed by atoms with E-state index in [9.17, 15) is 10.5 Å². The highest BCUT2D eigenvalue weighted by atomic mass is 15.0. The molecule has 2 unspecified atom stereocenters. The highest BCUT2D eigenvalue weighted by molar-refractivity contribution is 6.09. The fraction of sp³-hybridized carbons (Fsp3) is 0.111. The van der Waals surface area contributed by atoms with Gasteiger partial charge in [0.25, 0.3) is 0 Å². The first-order chi connectivity index (χ1) is 24.1. The largest absolute Gasteiger partial charge is 0.333 e. The number of hydrogen-bond acceptors (Lipinski definition) is 2. The van der Waals surface area contributed by atoms with Gasteiger partial charge in [-0.15, -0.1) is 0 Å². The van der Waals surface area contributed by atoms with Crippen LogP contribution in [0.3, 0.4) is 0 Å². The van der Waals surface area contributed by atoms with E-state index < -0.39 is 0 Å². The molecular formula is C45H32N4. The lowest BCUT2D eigenvalue weighted by molar-refractivity contribution is 0.420. The van der Waals surface area contributed by atoms with Crippen LogP contribution < -0.4 is 0 Å². The van der Waals surface area contributed by atoms with E-state index in [0.29, 0.717) is 5.56 Å². The van der Waals surface area contributed by atoms with E-state index >= 15 is 0 Å². The van der Waals surface area contributed by atoms with E-state index in [-0.39, 0.29) is 17.4 Å². The van der Waals surface area contributed by atoms with Crippen LogP contribution in [0.15, 0.2) is 146 Å². The van der Waals surface area contributed by atoms with Gasteiger partial charge in [0, 0.05) is 44.0 Å². The van der Waals surface area contributed by atoms with Crippen molar-refractivity contribution in [1.29, 1.82) is 10.5 Å². The molecule has 0 spiro atoms. The minimum absolute atomic E-state index is 0.0218. The highest BCUT2D eigenvalue weighted by Crippen LogP contribution is 2.46. The lowest BCUT2D eigenvalue weighted by Gasteiger charge is -2.38. The van der Waals surface area contributed by atoms with Crippen molar-refractivity contribution in [2.24, 2.45) is 5.92 Å². The molecule has 2 aliphatic carbocycles. The number of allylic oxidation sites excluding steroid dienone is 5. The number of hydrogen-bond donors (Lipinski definition) is 0. The first-order valence-electron chi connectivity index (χ1n) is 16.8. The second kappa shape index (κ2) is 11.1. The number of benzene rings is 5. The van der Waals surface area contributed by atoms with Crippen LogP contribution in [0.1, 0.15) is 35.3 Å². The number of nitriles is 2. The molecule has 7 aromatic rings. The normalized spacial score (nSPS) is 19.7. The summed E-state index contributed by atoms with van der Waals surface area (Å²) in [6.07, 6.45) is 13.8. The Balaban J connectivity index is 1.14. The summed E-state index contributed by atoms with van der Waals surface area (Å²) in [5.74, 6) is -0.112. The van der Waals surface area contributed by atoms with Crippen molar-refractivity contribution >= 4 is 38.8 Å². The lowest BCUT2D eigenvalue weighted by Crippen LogP contribution is -2.33. The van der Waals surface area contributed by atoms with Gasteiger partial charge in [0.05, 0.1) is 40.7 Å². The van der Waals surface area contributed by atoms with Crippen molar-refractivity contribution in [2.45, 2.75) is 24.8 Å². The summed E-state index contributed by atoms with van der Waals surface area (Å²) in [5, 5.41) is 23.6. The predicted octanol–water partition coefficient (Wildman–Crippen LogP) is 10.6. The average molecular weight is 629 g/mol. The van der Waals surface area contributed by atoms with Gasteiger partial charge in [0.2, 0.25) is 0 Å². The summed E-state index contributed by atoms with van der Waals surface area (Å²) in [6, 6.07) is 45.4. The number of fused-ring (bicyclic) bond motifs is 6. The number of aromatic nitrogens is 2. The quantitative estimate of drug-likeness (QED) is 0.195. The fourth-order valence-electron chi connectivity index (χ4n) is 8.19. The van der Waals surface area contributed by atoms with Gasteiger partial charge in [-0.25, -0.2) is 0 Å². The second-order valence-electron chi connectivity index (χ2n) is 13.3. The maximum absolute atomic E-state index is 10.2. The van der Waals surface area contributed by atoms with Gasteiger partial charge in [-0.1, -0.05) is 109 Å². The molecule has 0 aliphatic heterocycles. The van der Waals surface area contributed by atoms with E-state index in [1.165, 1.54) is 38.5 Å². The molecule has 0 saturated heterocycles. The molecule has 49 heavy (non-hydrogen) atoms. The van der Waals surface area contributed by atoms with Gasteiger partial charge in [-0.05, 0) is 72.5 Å². The third-order valence-corrected chi connectivity index (χ3v) is 10.7. The Kier molecular flexibility index (Phi) is 6.54. The molecule has 0 N–H and O–H groups in total. The molecule has 0 radical (unpaired) electrons. The molecule has 5 aromatic carbocycles. The number of para-hydroxylation sites is 3. The van der Waals surface area contributed by atoms with E-state index in [1.54, 1.807) is 0 Å². The Labute approximate surface area is 285 Å². The summed E-state index contributed by atoms with van der Waals surface area (Å²) < 4.78 is 4.76. The summed E-state index contributed by atoms with van der Waals surface area (Å²) >= 11 is 0. The molecule has 0 amide bonds. The highest BCUT2D eigenvalue weighted by Gasteiger charge is 2.37. The van der Waals surface area contributed by atoms with Gasteiger partial charge < -0.3 is 9.13 Å². The molecule has 3 atom stereocenters. The second-order valence-corrected chi connectivity index (χ2v) is 13.3. The monoisotopic (exact) mass is 628 g/mol. The minimum atomic E-state index is -0.342. The zero-order chi connectivity index (χ0) is 33.1. The summed E-state index contributed by atoms with van der Waals surface area (Å²) in [4.78, 5) is 0. The van der Waals surface area contributed by atoms with Crippen LogP contribution >= 0.6 is 0 Å². The Morgan fingerprint density at radius 2 is 1.39 bits per heavy atom. The van der Waals surface area contributed by atoms with Gasteiger partial charge in [-0.2, -0.15) is 10.5 Å².